The summed E-state index contributed by atoms with van der Waals surface area (Å²) in [7, 11) is 0. The fraction of sp³-hybridized carbons (Fsp3) is 0.0625. The lowest BCUT2D eigenvalue weighted by Gasteiger charge is -2.07. The van der Waals surface area contributed by atoms with E-state index in [0.29, 0.717) is 43.4 Å². The van der Waals surface area contributed by atoms with Crippen LogP contribution in [-0.4, -0.2) is 11.6 Å². The van der Waals surface area contributed by atoms with Gasteiger partial charge in [0.25, 0.3) is 0 Å². The first kappa shape index (κ1) is 30.8. The van der Waals surface area contributed by atoms with Crippen LogP contribution in [0.25, 0.3) is 11.1 Å². The van der Waals surface area contributed by atoms with E-state index in [1.807, 2.05) is 38.1 Å². The lowest BCUT2D eigenvalue weighted by molar-refractivity contribution is 0.104. The van der Waals surface area contributed by atoms with Crippen molar-refractivity contribution in [2.75, 3.05) is 0 Å². The van der Waals surface area contributed by atoms with Gasteiger partial charge in [-0.2, -0.15) is 0 Å². The minimum absolute atomic E-state index is 0.130. The van der Waals surface area contributed by atoms with Crippen molar-refractivity contribution >= 4 is 66.9 Å². The summed E-state index contributed by atoms with van der Waals surface area (Å²) < 4.78 is 53.7. The van der Waals surface area contributed by atoms with Crippen LogP contribution >= 0.6 is 44.2 Å². The number of rotatable bonds is 2. The molecular weight excluding hydrogens is 732 g/mol. The molecule has 0 N–H and O–H groups in total. The molecule has 0 unspecified atom stereocenters. The standard InChI is InChI=1S/C16H9BrF2O.C16H10F2O.Br2/c1-8-2-3-12-13(4-8)14(15(17)16(12)20)9-5-10(18)7-11(19)6-9;1-9-2-3-13-15(4-9)14(8-16(13)19)10-5-11(17)7-12(18)6-10;1-2/h2-7H,1H3;2-8H,1H3;. The van der Waals surface area contributed by atoms with Crippen LogP contribution in [0, 0.1) is 37.1 Å². The van der Waals surface area contributed by atoms with Gasteiger partial charge in [0, 0.05) is 57.1 Å². The molecule has 0 spiro atoms. The van der Waals surface area contributed by atoms with E-state index in [4.69, 9.17) is 0 Å². The van der Waals surface area contributed by atoms with Gasteiger partial charge in [-0.1, -0.05) is 47.5 Å². The van der Waals surface area contributed by atoms with E-state index in [1.54, 1.807) is 12.1 Å². The topological polar surface area (TPSA) is 34.1 Å². The van der Waals surface area contributed by atoms with Crippen molar-refractivity contribution in [1.29, 1.82) is 0 Å². The lowest BCUT2D eigenvalue weighted by Crippen LogP contribution is -1.93. The number of hydrogen-bond acceptors (Lipinski definition) is 2. The molecule has 6 rings (SSSR count). The number of hydrogen-bond donors (Lipinski definition) is 0. The highest BCUT2D eigenvalue weighted by atomic mass is 80.9. The summed E-state index contributed by atoms with van der Waals surface area (Å²) in [5.41, 5.74) is 6.37. The third kappa shape index (κ3) is 6.52. The van der Waals surface area contributed by atoms with Crippen LogP contribution in [0.15, 0.2) is 83.4 Å². The maximum Gasteiger partial charge on any atom is 0.201 e. The van der Waals surface area contributed by atoms with Gasteiger partial charge in [0.1, 0.15) is 23.3 Å². The van der Waals surface area contributed by atoms with Crippen molar-refractivity contribution in [3.63, 3.8) is 0 Å². The Kier molecular flexibility index (Phi) is 9.62. The average Bonchev–Trinajstić information content (AvgIpc) is 3.36. The van der Waals surface area contributed by atoms with Gasteiger partial charge in [-0.15, -0.1) is 0 Å². The zero-order chi connectivity index (χ0) is 30.0. The number of benzene rings is 4. The summed E-state index contributed by atoms with van der Waals surface area (Å²) in [5.74, 6) is -2.93. The zero-order valence-electron chi connectivity index (χ0n) is 21.5. The van der Waals surface area contributed by atoms with E-state index in [-0.39, 0.29) is 11.6 Å². The van der Waals surface area contributed by atoms with E-state index in [9.17, 15) is 27.2 Å². The zero-order valence-corrected chi connectivity index (χ0v) is 26.2. The van der Waals surface area contributed by atoms with E-state index < -0.39 is 23.3 Å². The molecule has 2 nitrogen and oxygen atoms in total. The van der Waals surface area contributed by atoms with E-state index in [1.165, 1.54) is 30.3 Å². The average molecular weight is 751 g/mol. The Morgan fingerprint density at radius 3 is 1.56 bits per heavy atom. The predicted molar refractivity (Wildman–Crippen MR) is 164 cm³/mol. The van der Waals surface area contributed by atoms with Crippen molar-refractivity contribution < 1.29 is 27.2 Å². The number of Topliss-reactive ketones (excluding diaryl/α,β-unsaturated/α-hetero) is 1. The van der Waals surface area contributed by atoms with Crippen LogP contribution in [0.3, 0.4) is 0 Å². The number of allylic oxidation sites excluding steroid dienone is 2. The molecule has 4 aromatic rings. The molecule has 41 heavy (non-hydrogen) atoms. The molecule has 0 atom stereocenters. The lowest BCUT2D eigenvalue weighted by atomic mass is 9.97. The molecule has 0 heterocycles. The Labute approximate surface area is 257 Å². The van der Waals surface area contributed by atoms with Crippen LogP contribution in [0.1, 0.15) is 54.1 Å². The summed E-state index contributed by atoms with van der Waals surface area (Å²) in [6.07, 6.45) is 1.43. The summed E-state index contributed by atoms with van der Waals surface area (Å²) in [5, 5.41) is 0. The van der Waals surface area contributed by atoms with Gasteiger partial charge >= 0.3 is 0 Å². The summed E-state index contributed by atoms with van der Waals surface area (Å²) in [6, 6.07) is 17.4. The maximum absolute atomic E-state index is 13.4. The Hall–Kier alpha value is -3.14. The number of aryl methyl sites for hydroxylation is 2. The van der Waals surface area contributed by atoms with E-state index in [0.717, 1.165) is 28.8 Å². The van der Waals surface area contributed by atoms with Crippen LogP contribution in [0.4, 0.5) is 17.6 Å². The van der Waals surface area contributed by atoms with Crippen molar-refractivity contribution in [3.8, 4) is 0 Å². The van der Waals surface area contributed by atoms with Gasteiger partial charge in [-0.05, 0) is 87.9 Å². The molecule has 2 aliphatic rings. The predicted octanol–water partition coefficient (Wildman–Crippen LogP) is 10.2. The first-order chi connectivity index (χ1) is 19.5. The molecule has 208 valence electrons. The Balaban J connectivity index is 0.000000178. The smallest absolute Gasteiger partial charge is 0.201 e. The van der Waals surface area contributed by atoms with Crippen molar-refractivity contribution in [2.45, 2.75) is 13.8 Å². The Morgan fingerprint density at radius 2 is 1.02 bits per heavy atom. The second-order valence-corrected chi connectivity index (χ2v) is 10.1. The molecule has 4 aromatic carbocycles. The summed E-state index contributed by atoms with van der Waals surface area (Å²) in [6.45, 7) is 3.81. The SMILES string of the molecule is BrBr.Cc1ccc2c(c1)C(c1cc(F)cc(F)c1)=C(Br)C2=O.Cc1ccc2c(c1)C(c1cc(F)cc(F)c1)=CC2=O. The highest BCUT2D eigenvalue weighted by Gasteiger charge is 2.29. The van der Waals surface area contributed by atoms with Crippen molar-refractivity contribution in [2.24, 2.45) is 0 Å². The molecular formula is C32H19Br3F4O2. The molecule has 0 amide bonds. The maximum atomic E-state index is 13.4. The quantitative estimate of drug-likeness (QED) is 0.191. The summed E-state index contributed by atoms with van der Waals surface area (Å²) in [4.78, 5) is 24.0. The molecule has 0 saturated carbocycles. The normalized spacial score (nSPS) is 13.1. The number of fused-ring (bicyclic) bond motifs is 2. The van der Waals surface area contributed by atoms with Crippen molar-refractivity contribution in [3.05, 3.63) is 151 Å². The molecule has 2 aliphatic carbocycles. The van der Waals surface area contributed by atoms with Gasteiger partial charge in [0.2, 0.25) is 5.78 Å². The van der Waals surface area contributed by atoms with Crippen molar-refractivity contribution in [1.82, 2.24) is 0 Å². The van der Waals surface area contributed by atoms with Crippen LogP contribution in [0.2, 0.25) is 0 Å². The third-order valence-electron chi connectivity index (χ3n) is 6.44. The molecule has 9 heteroatoms. The minimum Gasteiger partial charge on any atom is -0.289 e. The van der Waals surface area contributed by atoms with Crippen LogP contribution in [0.5, 0.6) is 0 Å². The number of ketones is 2. The third-order valence-corrected chi connectivity index (χ3v) is 7.20. The number of carbonyl (C=O) groups is 2. The van der Waals surface area contributed by atoms with Gasteiger partial charge in [0.05, 0.1) is 4.48 Å². The number of carbonyl (C=O) groups excluding carboxylic acids is 2. The van der Waals surface area contributed by atoms with Gasteiger partial charge in [0.15, 0.2) is 5.78 Å². The van der Waals surface area contributed by atoms with E-state index in [2.05, 4.69) is 44.2 Å². The Bertz CT molecular complexity index is 1740. The second kappa shape index (κ2) is 12.8. The minimum atomic E-state index is -0.665. The summed E-state index contributed by atoms with van der Waals surface area (Å²) >= 11 is 8.75. The molecule has 0 radical (unpaired) electrons. The molecule has 0 fully saturated rings. The number of halogens is 7. The van der Waals surface area contributed by atoms with Crippen LogP contribution in [-0.2, 0) is 0 Å². The second-order valence-electron chi connectivity index (χ2n) is 9.35. The van der Waals surface area contributed by atoms with E-state index >= 15 is 0 Å². The molecule has 0 bridgehead atoms. The monoisotopic (exact) mass is 748 g/mol. The van der Waals surface area contributed by atoms with Gasteiger partial charge in [-0.3, -0.25) is 9.59 Å². The van der Waals surface area contributed by atoms with Gasteiger partial charge in [-0.25, -0.2) is 17.6 Å². The van der Waals surface area contributed by atoms with Gasteiger partial charge < -0.3 is 0 Å². The fourth-order valence-corrected chi connectivity index (χ4v) is 5.38. The molecule has 0 aromatic heterocycles. The highest BCUT2D eigenvalue weighted by molar-refractivity contribution is 9.93. The first-order valence-corrected chi connectivity index (χ1v) is 16.5. The fourth-order valence-electron chi connectivity index (χ4n) is 4.72. The Morgan fingerprint density at radius 1 is 0.561 bits per heavy atom. The molecule has 0 aliphatic heterocycles. The van der Waals surface area contributed by atoms with Crippen LogP contribution < -0.4 is 0 Å². The first-order valence-electron chi connectivity index (χ1n) is 12.0. The molecule has 0 saturated heterocycles. The largest absolute Gasteiger partial charge is 0.289 e. The highest BCUT2D eigenvalue weighted by Crippen LogP contribution is 2.41.